The van der Waals surface area contributed by atoms with Gasteiger partial charge < -0.3 is 24.5 Å². The second-order valence-corrected chi connectivity index (χ2v) is 38.0. The van der Waals surface area contributed by atoms with E-state index in [4.69, 9.17) is 24.9 Å². The number of aromatic nitrogens is 5. The van der Waals surface area contributed by atoms with E-state index in [9.17, 15) is 0 Å². The smallest absolute Gasteiger partial charge is 0.0800 e. The van der Waals surface area contributed by atoms with E-state index >= 15 is 0 Å². The summed E-state index contributed by atoms with van der Waals surface area (Å²) >= 11 is 0. The predicted octanol–water partition coefficient (Wildman–Crippen LogP) is 20.8. The van der Waals surface area contributed by atoms with Gasteiger partial charge in [0.15, 0.2) is 0 Å². The van der Waals surface area contributed by atoms with Crippen molar-refractivity contribution in [2.24, 2.45) is 34.0 Å². The highest BCUT2D eigenvalue weighted by Crippen LogP contribution is 2.62. The predicted molar refractivity (Wildman–Crippen MR) is 434 cm³/mol. The van der Waals surface area contributed by atoms with Crippen LogP contribution in [0.2, 0.25) is 0 Å². The van der Waals surface area contributed by atoms with Crippen molar-refractivity contribution in [1.82, 2.24) is 34.7 Å². The Kier molecular flexibility index (Phi) is 20.9. The zero-order valence-electron chi connectivity index (χ0n) is 70.8. The summed E-state index contributed by atoms with van der Waals surface area (Å²) in [4.78, 5) is 42.4. The molecule has 17 heterocycles. The normalized spacial score (nSPS) is 37.5. The molecular formula is C90H142N12. The van der Waals surface area contributed by atoms with E-state index in [1.807, 2.05) is 0 Å². The lowest BCUT2D eigenvalue weighted by Gasteiger charge is -2.68. The van der Waals surface area contributed by atoms with Crippen LogP contribution in [0, 0.1) is 138 Å². The zero-order chi connectivity index (χ0) is 75.2. The minimum atomic E-state index is 0.253. The van der Waals surface area contributed by atoms with Gasteiger partial charge in [0.2, 0.25) is 0 Å². The van der Waals surface area contributed by atoms with Crippen molar-refractivity contribution < 1.29 is 0 Å². The first kappa shape index (κ1) is 77.8. The molecule has 3 aliphatic carbocycles. The third-order valence-electron chi connectivity index (χ3n) is 30.9. The van der Waals surface area contributed by atoms with Crippen molar-refractivity contribution in [2.75, 3.05) is 44.1 Å². The van der Waals surface area contributed by atoms with Crippen LogP contribution < -0.4 is 24.5 Å². The molecule has 0 spiro atoms. The summed E-state index contributed by atoms with van der Waals surface area (Å²) < 4.78 is 0. The number of piperidine rings is 8. The first-order valence-electron chi connectivity index (χ1n) is 40.5. The lowest BCUT2D eigenvalue weighted by atomic mass is 9.50. The van der Waals surface area contributed by atoms with Crippen molar-refractivity contribution in [3.63, 3.8) is 0 Å². The van der Waals surface area contributed by atoms with E-state index in [0.29, 0.717) is 75.3 Å². The van der Waals surface area contributed by atoms with Gasteiger partial charge >= 0.3 is 0 Å². The molecule has 10 bridgehead atoms. The lowest BCUT2D eigenvalue weighted by molar-refractivity contribution is -0.0525. The molecule has 0 aromatic carbocycles. The number of fused-ring (bicyclic) bond motifs is 15. The molecule has 12 nitrogen and oxygen atoms in total. The molecule has 5 aromatic rings. The van der Waals surface area contributed by atoms with Crippen LogP contribution in [-0.4, -0.2) is 119 Å². The van der Waals surface area contributed by atoms with Gasteiger partial charge in [-0.3, -0.25) is 34.7 Å². The first-order chi connectivity index (χ1) is 47.3. The Morgan fingerprint density at radius 1 is 0.314 bits per heavy atom. The van der Waals surface area contributed by atoms with Crippen LogP contribution in [0.1, 0.15) is 286 Å². The lowest BCUT2D eigenvalue weighted by Crippen LogP contribution is -2.72. The molecule has 15 aliphatic rings. The molecule has 102 heavy (non-hydrogen) atoms. The number of rotatable bonds is 5. The molecular weight excluding hydrogens is 1250 g/mol. The summed E-state index contributed by atoms with van der Waals surface area (Å²) in [7, 11) is 0. The first-order valence-corrected chi connectivity index (χ1v) is 40.5. The fourth-order valence-corrected chi connectivity index (χ4v) is 24.2. The zero-order valence-corrected chi connectivity index (χ0v) is 70.8. The van der Waals surface area contributed by atoms with Crippen molar-refractivity contribution in [3.8, 4) is 0 Å². The van der Waals surface area contributed by atoms with Crippen LogP contribution in [0.25, 0.3) is 0 Å². The molecule has 12 heteroatoms. The van der Waals surface area contributed by atoms with E-state index in [-0.39, 0.29) is 11.1 Å². The van der Waals surface area contributed by atoms with Gasteiger partial charge in [-0.05, 0) is 356 Å². The minimum Gasteiger partial charge on any atom is -0.361 e. The number of nitrogens with zero attached hydrogens (tertiary/aromatic N) is 12. The fraction of sp³-hybridized carbons (Fsp3) is 0.722. The molecule has 0 N–H and O–H groups in total. The van der Waals surface area contributed by atoms with Crippen LogP contribution >= 0.6 is 0 Å². The highest BCUT2D eigenvalue weighted by molar-refractivity contribution is 5.65. The van der Waals surface area contributed by atoms with E-state index in [2.05, 4.69) is 286 Å². The largest absolute Gasteiger partial charge is 0.361 e. The number of anilines is 5. The maximum Gasteiger partial charge on any atom is 0.0800 e. The van der Waals surface area contributed by atoms with Crippen molar-refractivity contribution in [2.45, 2.75) is 369 Å². The molecule has 20 rings (SSSR count). The summed E-state index contributed by atoms with van der Waals surface area (Å²) in [5, 5.41) is 0. The third-order valence-corrected chi connectivity index (χ3v) is 30.9. The van der Waals surface area contributed by atoms with Crippen LogP contribution in [0.15, 0.2) is 30.3 Å². The number of hydrogen-bond donors (Lipinski definition) is 0. The Balaban J connectivity index is 0.000000128. The van der Waals surface area contributed by atoms with Crippen molar-refractivity contribution in [1.29, 1.82) is 0 Å². The van der Waals surface area contributed by atoms with E-state index in [1.165, 1.54) is 188 Å². The van der Waals surface area contributed by atoms with Gasteiger partial charge in [0, 0.05) is 100.0 Å². The summed E-state index contributed by atoms with van der Waals surface area (Å²) in [6.45, 7) is 77.8. The molecule has 0 amide bonds. The summed E-state index contributed by atoms with van der Waals surface area (Å²) in [6, 6.07) is 13.6. The number of pyridine rings is 5. The summed E-state index contributed by atoms with van der Waals surface area (Å²) in [5.41, 5.74) is 28.2. The van der Waals surface area contributed by atoms with Crippen molar-refractivity contribution in [3.05, 3.63) is 115 Å². The van der Waals surface area contributed by atoms with Gasteiger partial charge in [0.25, 0.3) is 0 Å². The molecule has 562 valence electrons. The molecule has 15 unspecified atom stereocenters. The van der Waals surface area contributed by atoms with E-state index in [1.54, 1.807) is 0 Å². The maximum absolute atomic E-state index is 4.78. The fourth-order valence-electron chi connectivity index (χ4n) is 24.2. The van der Waals surface area contributed by atoms with Gasteiger partial charge in [-0.15, -0.1) is 0 Å². The standard InChI is InChI=1S/C20H32N2.C19H30N2.C18H28N2.C17H27N3.C16H25N3/c1-12-11-13(2)21-16(5)18(12)22-17(6)19(7)9-10-20(22,8)15(4)14(19)3;1-12-10-14(3)20-15(4)17(12)21-16(5)19(7)9-8-18(21,6)11-13(19)2;1-12-11-13(2)19-14(3)16(12)20-15(4)17(5)7-9-18(20,6)10-8-17;1-11-9-12(2)18-14(4)16(11)20-15(5)19-8-7-17(20,6)10-13(19)3;1-11-10-12(2)17-13(3)15(11)19-14(4)18-8-6-16(19,5)7-9-18/h11,14-15,17H,9-10H2,1-8H3;10,13,16H,8-9,11H2,1-7H3;11,15H,7-10H2,1-6H3;9,13,15H,7-8,10H2,1-6H3;10,14H,6-9H2,1-5H3. The monoisotopic (exact) mass is 1390 g/mol. The average Bonchev–Trinajstić information content (AvgIpc) is 0.709. The second-order valence-electron chi connectivity index (χ2n) is 38.0. The Hall–Kier alpha value is -5.33. The van der Waals surface area contributed by atoms with Crippen LogP contribution in [0.3, 0.4) is 0 Å². The topological polar surface area (TPSA) is 87.1 Å². The summed E-state index contributed by atoms with van der Waals surface area (Å²) in [6.07, 6.45) is 18.0. The quantitative estimate of drug-likeness (QED) is 0.168. The molecule has 15 atom stereocenters. The molecule has 15 fully saturated rings. The molecule has 12 aliphatic heterocycles. The Morgan fingerprint density at radius 3 is 1.03 bits per heavy atom. The van der Waals surface area contributed by atoms with Gasteiger partial charge in [-0.2, -0.15) is 0 Å². The molecule has 5 aromatic heterocycles. The van der Waals surface area contributed by atoms with Gasteiger partial charge in [-0.25, -0.2) is 0 Å². The molecule has 3 saturated carbocycles. The highest BCUT2D eigenvalue weighted by Gasteiger charge is 2.62. The number of hydrogen-bond acceptors (Lipinski definition) is 12. The average molecular weight is 1390 g/mol. The second kappa shape index (κ2) is 27.5. The Bertz CT molecular complexity index is 3810. The Morgan fingerprint density at radius 2 is 0.647 bits per heavy atom. The van der Waals surface area contributed by atoms with E-state index in [0.717, 1.165) is 40.3 Å². The molecule has 0 radical (unpaired) electrons. The van der Waals surface area contributed by atoms with Crippen LogP contribution in [0.5, 0.6) is 0 Å². The maximum atomic E-state index is 4.78. The van der Waals surface area contributed by atoms with Gasteiger partial charge in [0.1, 0.15) is 0 Å². The van der Waals surface area contributed by atoms with Crippen molar-refractivity contribution >= 4 is 28.4 Å². The van der Waals surface area contributed by atoms with E-state index < -0.39 is 0 Å². The third kappa shape index (κ3) is 13.0. The molecule has 12 saturated heterocycles. The van der Waals surface area contributed by atoms with Crippen LogP contribution in [0.4, 0.5) is 28.4 Å². The summed E-state index contributed by atoms with van der Waals surface area (Å²) in [5.74, 6) is 2.29. The minimum absolute atomic E-state index is 0.253. The Labute approximate surface area is 622 Å². The SMILES string of the molecule is Cc1cc(C)c(N2C(C)C3(C)CCC2(C)C(C)C3C)c(C)n1.Cc1cc(C)c(N2C(C)C3(C)CCC2(C)CC3)c(C)n1.Cc1cc(C)c(N2C(C)C3(C)CCC2(C)CC3C)c(C)n1.Cc1cc(C)c(N2C(C)N3CCC2(C)CC3)c(C)n1.Cc1cc(C)c(N2C(C)N3CCC2(C)CC3C)c(C)n1. The van der Waals surface area contributed by atoms with Crippen LogP contribution in [-0.2, 0) is 0 Å². The van der Waals surface area contributed by atoms with Gasteiger partial charge in [-0.1, -0.05) is 41.5 Å². The number of aryl methyl sites for hydroxylation is 15. The van der Waals surface area contributed by atoms with Gasteiger partial charge in [0.05, 0.1) is 69.2 Å². The highest BCUT2D eigenvalue weighted by atomic mass is 15.5.